The van der Waals surface area contributed by atoms with E-state index in [1.54, 1.807) is 66.7 Å². The maximum Gasteiger partial charge on any atom is 0.338 e. The van der Waals surface area contributed by atoms with Crippen molar-refractivity contribution in [3.63, 3.8) is 0 Å². The molecule has 0 saturated carbocycles. The summed E-state index contributed by atoms with van der Waals surface area (Å²) in [5.41, 5.74) is 3.45. The van der Waals surface area contributed by atoms with Crippen molar-refractivity contribution in [2.24, 2.45) is 0 Å². The van der Waals surface area contributed by atoms with Crippen molar-refractivity contribution >= 4 is 16.1 Å². The van der Waals surface area contributed by atoms with Gasteiger partial charge in [0.05, 0.1) is 30.3 Å². The Hall–Kier alpha value is -4.64. The molecule has 0 spiro atoms. The van der Waals surface area contributed by atoms with Gasteiger partial charge in [-0.3, -0.25) is 4.18 Å². The highest BCUT2D eigenvalue weighted by Gasteiger charge is 2.40. The number of carbonyl (C=O) groups is 1. The van der Waals surface area contributed by atoms with Crippen molar-refractivity contribution in [3.05, 3.63) is 173 Å². The van der Waals surface area contributed by atoms with Gasteiger partial charge in [-0.1, -0.05) is 127 Å². The van der Waals surface area contributed by atoms with Gasteiger partial charge in [0.2, 0.25) is 0 Å². The molecular formula is C39H38O8S. The van der Waals surface area contributed by atoms with Gasteiger partial charge in [-0.05, 0) is 47.9 Å². The normalized spacial score (nSPS) is 14.0. The smallest absolute Gasteiger partial charge is 0.338 e. The molecule has 0 bridgehead atoms. The van der Waals surface area contributed by atoms with Gasteiger partial charge in [-0.25, -0.2) is 4.79 Å². The minimum atomic E-state index is -4.22. The molecule has 5 rings (SSSR count). The first-order chi connectivity index (χ1) is 23.3. The van der Waals surface area contributed by atoms with E-state index in [1.807, 2.05) is 73.7 Å². The molecule has 0 aliphatic rings. The number of benzene rings is 5. The second-order valence-electron chi connectivity index (χ2n) is 11.2. The molecule has 8 nitrogen and oxygen atoms in total. The van der Waals surface area contributed by atoms with Crippen molar-refractivity contribution in [1.29, 1.82) is 0 Å². The van der Waals surface area contributed by atoms with E-state index in [4.69, 9.17) is 18.4 Å². The van der Waals surface area contributed by atoms with E-state index in [2.05, 4.69) is 0 Å². The van der Waals surface area contributed by atoms with Crippen LogP contribution in [-0.2, 0) is 41.7 Å². The first-order valence-corrected chi connectivity index (χ1v) is 17.0. The van der Waals surface area contributed by atoms with Crippen LogP contribution in [0, 0.1) is 6.92 Å². The Kier molecular flexibility index (Phi) is 12.3. The summed E-state index contributed by atoms with van der Waals surface area (Å²) in [5.74, 6) is -0.604. The number of rotatable bonds is 16. The molecule has 0 heterocycles. The molecule has 5 aromatic rings. The molecule has 0 radical (unpaired) electrons. The van der Waals surface area contributed by atoms with Gasteiger partial charge < -0.3 is 19.3 Å². The lowest BCUT2D eigenvalue weighted by Crippen LogP contribution is -2.47. The Labute approximate surface area is 281 Å². The fraction of sp³-hybridized carbons (Fsp3) is 0.205. The molecule has 0 aliphatic heterocycles. The quantitative estimate of drug-likeness (QED) is 0.0902. The van der Waals surface area contributed by atoms with Crippen LogP contribution in [0.25, 0.3) is 0 Å². The zero-order valence-corrected chi connectivity index (χ0v) is 27.3. The summed E-state index contributed by atoms with van der Waals surface area (Å²) < 4.78 is 50.7. The Morgan fingerprint density at radius 3 is 1.67 bits per heavy atom. The van der Waals surface area contributed by atoms with Crippen LogP contribution in [0.4, 0.5) is 0 Å². The van der Waals surface area contributed by atoms with Gasteiger partial charge in [0, 0.05) is 0 Å². The van der Waals surface area contributed by atoms with Crippen molar-refractivity contribution in [1.82, 2.24) is 0 Å². The van der Waals surface area contributed by atoms with E-state index < -0.39 is 47.1 Å². The molecule has 248 valence electrons. The first kappa shape index (κ1) is 34.7. The van der Waals surface area contributed by atoms with E-state index >= 15 is 0 Å². The SMILES string of the molecule is Cc1ccc(S(=O)(=O)OC[C@@H](O)[C@@H](OCc2ccccc2)[C@H](OCc2ccccc2)[C@H](OC(=O)c2ccccc2)c2ccccc2)cc1. The minimum absolute atomic E-state index is 0.0436. The number of hydrogen-bond acceptors (Lipinski definition) is 8. The third-order valence-corrected chi connectivity index (χ3v) is 8.94. The Bertz CT molecular complexity index is 1800. The maximum atomic E-state index is 13.5. The number of ether oxygens (including phenoxy) is 3. The molecule has 0 saturated heterocycles. The van der Waals surface area contributed by atoms with Gasteiger partial charge in [0.1, 0.15) is 18.3 Å². The van der Waals surface area contributed by atoms with Crippen LogP contribution in [0.3, 0.4) is 0 Å². The largest absolute Gasteiger partial charge is 0.451 e. The highest BCUT2D eigenvalue weighted by molar-refractivity contribution is 7.86. The summed E-state index contributed by atoms with van der Waals surface area (Å²) in [5, 5.41) is 11.7. The molecular weight excluding hydrogens is 628 g/mol. The molecule has 1 N–H and O–H groups in total. The van der Waals surface area contributed by atoms with E-state index in [9.17, 15) is 18.3 Å². The molecule has 4 atom stereocenters. The van der Waals surface area contributed by atoms with E-state index in [-0.39, 0.29) is 18.1 Å². The average Bonchev–Trinajstić information content (AvgIpc) is 3.13. The van der Waals surface area contributed by atoms with Crippen molar-refractivity contribution in [2.45, 2.75) is 49.4 Å². The molecule has 0 fully saturated rings. The molecule has 0 unspecified atom stereocenters. The Morgan fingerprint density at radius 2 is 1.12 bits per heavy atom. The highest BCUT2D eigenvalue weighted by Crippen LogP contribution is 2.31. The fourth-order valence-electron chi connectivity index (χ4n) is 5.06. The third kappa shape index (κ3) is 9.70. The lowest BCUT2D eigenvalue weighted by Gasteiger charge is -2.36. The van der Waals surface area contributed by atoms with Gasteiger partial charge in [-0.2, -0.15) is 8.42 Å². The van der Waals surface area contributed by atoms with Gasteiger partial charge >= 0.3 is 5.97 Å². The van der Waals surface area contributed by atoms with Crippen molar-refractivity contribution in [2.75, 3.05) is 6.61 Å². The standard InChI is InChI=1S/C39H38O8S/c1-29-22-24-34(25-23-29)48(42,43)46-28-35(40)37(44-26-30-14-6-2-7-15-30)38(45-27-31-16-8-3-9-17-31)36(32-18-10-4-11-19-32)47-39(41)33-20-12-5-13-21-33/h2-25,35-38,40H,26-28H2,1H3/t35-,36-,37-,38-/m1/s1. The number of aryl methyl sites for hydroxylation is 1. The lowest BCUT2D eigenvalue weighted by atomic mass is 9.96. The van der Waals surface area contributed by atoms with Crippen LogP contribution < -0.4 is 0 Å². The average molecular weight is 667 g/mol. The molecule has 0 aromatic heterocycles. The molecule has 9 heteroatoms. The van der Waals surface area contributed by atoms with Crippen LogP contribution in [0.2, 0.25) is 0 Å². The zero-order valence-electron chi connectivity index (χ0n) is 26.5. The van der Waals surface area contributed by atoms with Gasteiger partial charge in [0.15, 0.2) is 6.10 Å². The fourth-order valence-corrected chi connectivity index (χ4v) is 5.99. The van der Waals surface area contributed by atoms with Crippen molar-refractivity contribution < 1.29 is 36.7 Å². The number of aliphatic hydroxyl groups excluding tert-OH is 1. The van der Waals surface area contributed by atoms with Crippen LogP contribution in [0.1, 0.15) is 38.7 Å². The molecule has 48 heavy (non-hydrogen) atoms. The highest BCUT2D eigenvalue weighted by atomic mass is 32.2. The predicted octanol–water partition coefficient (Wildman–Crippen LogP) is 6.83. The van der Waals surface area contributed by atoms with E-state index in [0.717, 1.165) is 16.7 Å². The van der Waals surface area contributed by atoms with Crippen LogP contribution in [0.5, 0.6) is 0 Å². The number of carbonyl (C=O) groups excluding carboxylic acids is 1. The first-order valence-electron chi connectivity index (χ1n) is 15.6. The second kappa shape index (κ2) is 17.0. The van der Waals surface area contributed by atoms with Crippen molar-refractivity contribution in [3.8, 4) is 0 Å². The summed E-state index contributed by atoms with van der Waals surface area (Å²) in [7, 11) is -4.22. The van der Waals surface area contributed by atoms with Gasteiger partial charge in [-0.15, -0.1) is 0 Å². The number of aliphatic hydroxyl groups is 1. The summed E-state index contributed by atoms with van der Waals surface area (Å²) in [6.07, 6.45) is -4.95. The molecule has 0 aliphatic carbocycles. The molecule has 5 aromatic carbocycles. The van der Waals surface area contributed by atoms with Crippen LogP contribution >= 0.6 is 0 Å². The van der Waals surface area contributed by atoms with Crippen LogP contribution in [-0.4, -0.2) is 44.4 Å². The maximum absolute atomic E-state index is 13.5. The minimum Gasteiger partial charge on any atom is -0.451 e. The summed E-state index contributed by atoms with van der Waals surface area (Å²) >= 11 is 0. The number of hydrogen-bond donors (Lipinski definition) is 1. The van der Waals surface area contributed by atoms with Crippen LogP contribution in [0.15, 0.2) is 150 Å². The monoisotopic (exact) mass is 666 g/mol. The molecule has 0 amide bonds. The second-order valence-corrected chi connectivity index (χ2v) is 12.9. The van der Waals surface area contributed by atoms with Gasteiger partial charge in [0.25, 0.3) is 10.1 Å². The predicted molar refractivity (Wildman–Crippen MR) is 181 cm³/mol. The zero-order chi connectivity index (χ0) is 33.8. The topological polar surface area (TPSA) is 108 Å². The Balaban J connectivity index is 1.51. The third-order valence-electron chi connectivity index (χ3n) is 7.65. The Morgan fingerprint density at radius 1 is 0.646 bits per heavy atom. The summed E-state index contributed by atoms with van der Waals surface area (Å²) in [4.78, 5) is 13.5. The summed E-state index contributed by atoms with van der Waals surface area (Å²) in [6, 6.07) is 42.5. The lowest BCUT2D eigenvalue weighted by molar-refractivity contribution is -0.172. The number of esters is 1. The van der Waals surface area contributed by atoms with E-state index in [1.165, 1.54) is 12.1 Å². The summed E-state index contributed by atoms with van der Waals surface area (Å²) in [6.45, 7) is 1.33. The van der Waals surface area contributed by atoms with E-state index in [0.29, 0.717) is 11.1 Å².